The molecular weight excluding hydrogens is 435 g/mol. The van der Waals surface area contributed by atoms with Crippen molar-refractivity contribution < 1.29 is 57.7 Å². The molecular formula is C21H29Cl3SiTi. The molecule has 2 aliphatic rings. The second-order valence-electron chi connectivity index (χ2n) is 7.77. The SMILES string of the molecule is CCCCC[C]1([Ti+3])C2=CC=CCC2CC1(C)[SiH2]c1ccccc1.[Cl-].[Cl-].[Cl-]. The van der Waals surface area contributed by atoms with Gasteiger partial charge in [0.1, 0.15) is 0 Å². The van der Waals surface area contributed by atoms with E-state index in [2.05, 4.69) is 82.8 Å². The first-order valence-corrected chi connectivity index (χ1v) is 11.4. The first kappa shape index (κ1) is 26.5. The number of hydrogen-bond acceptors (Lipinski definition) is 0. The smallest absolute Gasteiger partial charge is 1.00 e. The quantitative estimate of drug-likeness (QED) is 0.297. The Morgan fingerprint density at radius 2 is 1.81 bits per heavy atom. The molecule has 2 aliphatic carbocycles. The topological polar surface area (TPSA) is 0 Å². The molecule has 1 fully saturated rings. The molecule has 0 aromatic heterocycles. The van der Waals surface area contributed by atoms with Crippen molar-refractivity contribution >= 4 is 14.7 Å². The first-order valence-electron chi connectivity index (χ1n) is 9.25. The summed E-state index contributed by atoms with van der Waals surface area (Å²) in [5.41, 5.74) is 1.78. The van der Waals surface area contributed by atoms with Gasteiger partial charge in [0.2, 0.25) is 0 Å². The van der Waals surface area contributed by atoms with Crippen LogP contribution in [-0.4, -0.2) is 9.52 Å². The fourth-order valence-electron chi connectivity index (χ4n) is 4.78. The van der Waals surface area contributed by atoms with Crippen LogP contribution in [-0.2, 0) is 20.4 Å². The Bertz CT molecular complexity index is 605. The number of halogens is 3. The van der Waals surface area contributed by atoms with Crippen LogP contribution in [0.25, 0.3) is 0 Å². The van der Waals surface area contributed by atoms with Crippen molar-refractivity contribution in [2.75, 3.05) is 0 Å². The van der Waals surface area contributed by atoms with Gasteiger partial charge in [-0.05, 0) is 0 Å². The maximum atomic E-state index is 2.62. The minimum absolute atomic E-state index is 0. The molecule has 0 N–H and O–H groups in total. The van der Waals surface area contributed by atoms with Crippen molar-refractivity contribution in [2.45, 2.75) is 61.1 Å². The Hall–Kier alpha value is 0.501. The monoisotopic (exact) mass is 462 g/mol. The van der Waals surface area contributed by atoms with Gasteiger partial charge in [-0.3, -0.25) is 0 Å². The van der Waals surface area contributed by atoms with Gasteiger partial charge in [0, 0.05) is 0 Å². The van der Waals surface area contributed by atoms with E-state index in [9.17, 15) is 0 Å². The van der Waals surface area contributed by atoms with Gasteiger partial charge in [0.05, 0.1) is 0 Å². The van der Waals surface area contributed by atoms with Gasteiger partial charge in [0.25, 0.3) is 0 Å². The van der Waals surface area contributed by atoms with Crippen LogP contribution in [0, 0.1) is 5.92 Å². The van der Waals surface area contributed by atoms with Gasteiger partial charge >= 0.3 is 156 Å². The van der Waals surface area contributed by atoms with Crippen molar-refractivity contribution in [3.63, 3.8) is 0 Å². The zero-order chi connectivity index (χ0) is 16.3. The molecule has 142 valence electrons. The number of rotatable bonds is 6. The molecule has 3 atom stereocenters. The summed E-state index contributed by atoms with van der Waals surface area (Å²) in [7, 11) is -0.293. The molecule has 0 heterocycles. The fraction of sp³-hybridized carbons (Fsp3) is 0.524. The average molecular weight is 464 g/mol. The van der Waals surface area contributed by atoms with Gasteiger partial charge in [-0.25, -0.2) is 0 Å². The predicted octanol–water partition coefficient (Wildman–Crippen LogP) is -4.14. The van der Waals surface area contributed by atoms with Crippen LogP contribution in [0.4, 0.5) is 0 Å². The first-order chi connectivity index (χ1) is 11.1. The molecule has 0 bridgehead atoms. The maximum Gasteiger partial charge on any atom is -1.00 e. The molecule has 0 nitrogen and oxygen atoms in total. The third-order valence-electron chi connectivity index (χ3n) is 6.08. The van der Waals surface area contributed by atoms with Gasteiger partial charge in [0.15, 0.2) is 0 Å². The predicted molar refractivity (Wildman–Crippen MR) is 99.8 cm³/mol. The Kier molecular flexibility index (Phi) is 11.7. The molecule has 26 heavy (non-hydrogen) atoms. The van der Waals surface area contributed by atoms with Crippen LogP contribution in [0.3, 0.4) is 0 Å². The van der Waals surface area contributed by atoms with E-state index >= 15 is 0 Å². The molecule has 0 saturated heterocycles. The van der Waals surface area contributed by atoms with E-state index in [1.807, 2.05) is 0 Å². The number of allylic oxidation sites excluding steroid dienone is 4. The van der Waals surface area contributed by atoms with Crippen LogP contribution in [0.2, 0.25) is 8.76 Å². The Morgan fingerprint density at radius 1 is 1.12 bits per heavy atom. The van der Waals surface area contributed by atoms with Crippen molar-refractivity contribution in [3.05, 3.63) is 54.1 Å². The second-order valence-corrected chi connectivity index (χ2v) is 11.8. The van der Waals surface area contributed by atoms with Gasteiger partial charge in [-0.2, -0.15) is 0 Å². The van der Waals surface area contributed by atoms with E-state index in [4.69, 9.17) is 0 Å². The summed E-state index contributed by atoms with van der Waals surface area (Å²) in [5.74, 6) is 0.813. The summed E-state index contributed by atoms with van der Waals surface area (Å²) in [5, 5.41) is 2.16. The van der Waals surface area contributed by atoms with E-state index in [0.29, 0.717) is 8.76 Å². The minimum Gasteiger partial charge on any atom is -1.00 e. The molecule has 0 amide bonds. The largest absolute Gasteiger partial charge is 1.00 e. The molecule has 3 unspecified atom stereocenters. The van der Waals surface area contributed by atoms with Crippen LogP contribution < -0.4 is 42.4 Å². The molecule has 0 spiro atoms. The molecule has 3 rings (SSSR count). The summed E-state index contributed by atoms with van der Waals surface area (Å²) in [4.78, 5) is 0. The van der Waals surface area contributed by atoms with Crippen molar-refractivity contribution in [3.8, 4) is 0 Å². The molecule has 5 heteroatoms. The second kappa shape index (κ2) is 11.5. The number of hydrogen-bond donors (Lipinski definition) is 0. The standard InChI is InChI=1S/C21H29Si.3ClH.Ti/c1-3-4-6-15-20-19-14-10-9-11-17(19)16-21(20,2)22-18-12-7-5-8-13-18;;;;/h5,7-10,12-14,17H,3-4,6,11,15-16,22H2,1-2H3;3*1H;/q;;;;+3/p-3. The third-order valence-corrected chi connectivity index (χ3v) is 11.0. The van der Waals surface area contributed by atoms with E-state index in [1.165, 1.54) is 38.5 Å². The molecule has 0 aliphatic heterocycles. The molecule has 1 aromatic carbocycles. The van der Waals surface area contributed by atoms with Crippen LogP contribution in [0.5, 0.6) is 0 Å². The van der Waals surface area contributed by atoms with Crippen molar-refractivity contribution in [2.24, 2.45) is 5.92 Å². The van der Waals surface area contributed by atoms with Crippen LogP contribution in [0.1, 0.15) is 52.4 Å². The maximum absolute atomic E-state index is 2.62. The average Bonchev–Trinajstić information content (AvgIpc) is 2.77. The Labute approximate surface area is 192 Å². The summed E-state index contributed by atoms with van der Waals surface area (Å²) < 4.78 is 0.416. The van der Waals surface area contributed by atoms with Crippen LogP contribution in [0.15, 0.2) is 54.1 Å². The summed E-state index contributed by atoms with van der Waals surface area (Å²) in [6.45, 7) is 4.94. The Morgan fingerprint density at radius 3 is 2.46 bits per heavy atom. The molecule has 1 aromatic rings. The zero-order valence-electron chi connectivity index (χ0n) is 15.8. The summed E-state index contributed by atoms with van der Waals surface area (Å²) in [6, 6.07) is 11.4. The molecule has 0 radical (unpaired) electrons. The van der Waals surface area contributed by atoms with Crippen LogP contribution >= 0.6 is 0 Å². The number of fused-ring (bicyclic) bond motifs is 1. The number of benzene rings is 1. The zero-order valence-corrected chi connectivity index (χ0v) is 21.0. The van der Waals surface area contributed by atoms with Gasteiger partial charge < -0.3 is 37.2 Å². The fourth-order valence-corrected chi connectivity index (χ4v) is 8.67. The Balaban J connectivity index is 0.00000208. The molecule has 1 saturated carbocycles. The van der Waals surface area contributed by atoms with Crippen molar-refractivity contribution in [1.82, 2.24) is 0 Å². The number of unbranched alkanes of at least 4 members (excludes halogenated alkanes) is 2. The minimum atomic E-state index is -0.293. The van der Waals surface area contributed by atoms with E-state index in [0.717, 1.165) is 5.92 Å². The van der Waals surface area contributed by atoms with E-state index in [-0.39, 0.29) is 46.7 Å². The van der Waals surface area contributed by atoms with E-state index in [1.54, 1.807) is 10.8 Å². The van der Waals surface area contributed by atoms with Crippen molar-refractivity contribution in [1.29, 1.82) is 0 Å². The third kappa shape index (κ3) is 5.31. The summed E-state index contributed by atoms with van der Waals surface area (Å²) >= 11 is 2.60. The normalized spacial score (nSPS) is 29.4. The van der Waals surface area contributed by atoms with Gasteiger partial charge in [-0.15, -0.1) is 0 Å². The van der Waals surface area contributed by atoms with E-state index < -0.39 is 0 Å². The summed E-state index contributed by atoms with van der Waals surface area (Å²) in [6.07, 6.45) is 15.3. The van der Waals surface area contributed by atoms with Gasteiger partial charge in [-0.1, -0.05) is 0 Å².